The molecule has 1 unspecified atom stereocenters. The van der Waals surface area contributed by atoms with Crippen molar-refractivity contribution >= 4 is 10.8 Å². The molecule has 0 radical (unpaired) electrons. The molecule has 0 N–H and O–H groups in total. The summed E-state index contributed by atoms with van der Waals surface area (Å²) in [6, 6.07) is 11.6. The minimum Gasteiger partial charge on any atom is -0.264 e. The number of nitrogens with zero attached hydrogens (tertiary/aromatic N) is 2. The minimum absolute atomic E-state index is 0.782. The van der Waals surface area contributed by atoms with Crippen molar-refractivity contribution in [3.8, 4) is 11.3 Å². The first-order valence-corrected chi connectivity index (χ1v) is 10.0. The predicted octanol–water partition coefficient (Wildman–Crippen LogP) is 5.33. The van der Waals surface area contributed by atoms with Crippen LogP contribution in [0.4, 0.5) is 0 Å². The van der Waals surface area contributed by atoms with E-state index in [1.807, 2.05) is 12.4 Å². The van der Waals surface area contributed by atoms with E-state index in [-0.39, 0.29) is 0 Å². The summed E-state index contributed by atoms with van der Waals surface area (Å²) < 4.78 is 2.23. The minimum atomic E-state index is 0.782. The van der Waals surface area contributed by atoms with E-state index in [1.165, 1.54) is 59.7 Å². The summed E-state index contributed by atoms with van der Waals surface area (Å²) >= 11 is 0. The average molecular weight is 343 g/mol. The molecule has 2 nitrogen and oxygen atoms in total. The van der Waals surface area contributed by atoms with Gasteiger partial charge in [0.1, 0.15) is 7.05 Å². The Hall–Kier alpha value is -2.22. The smallest absolute Gasteiger partial charge is 0.221 e. The van der Waals surface area contributed by atoms with E-state index in [4.69, 9.17) is 0 Å². The van der Waals surface area contributed by atoms with Crippen molar-refractivity contribution in [2.75, 3.05) is 0 Å². The second-order valence-corrected chi connectivity index (χ2v) is 8.44. The summed E-state index contributed by atoms with van der Waals surface area (Å²) in [4.78, 5) is 4.37. The lowest BCUT2D eigenvalue weighted by Gasteiger charge is -2.42. The van der Waals surface area contributed by atoms with Gasteiger partial charge in [-0.2, -0.15) is 0 Å². The molecule has 0 aliphatic heterocycles. The first kappa shape index (κ1) is 16.0. The van der Waals surface area contributed by atoms with Crippen LogP contribution in [0.25, 0.3) is 22.0 Å². The quantitative estimate of drug-likeness (QED) is 0.575. The molecule has 2 aromatic heterocycles. The third-order valence-corrected chi connectivity index (χ3v) is 6.93. The largest absolute Gasteiger partial charge is 0.264 e. The van der Waals surface area contributed by atoms with Crippen LogP contribution in [0.15, 0.2) is 48.9 Å². The van der Waals surface area contributed by atoms with E-state index in [2.05, 4.69) is 60.1 Å². The van der Waals surface area contributed by atoms with Gasteiger partial charge in [0.25, 0.3) is 0 Å². The van der Waals surface area contributed by atoms with E-state index in [0.29, 0.717) is 0 Å². The predicted molar refractivity (Wildman–Crippen MR) is 106 cm³/mol. The zero-order valence-corrected chi connectivity index (χ0v) is 15.8. The maximum atomic E-state index is 4.37. The summed E-state index contributed by atoms with van der Waals surface area (Å²) in [5, 5.41) is 2.69. The zero-order valence-electron chi connectivity index (χ0n) is 15.8. The van der Waals surface area contributed by atoms with Crippen LogP contribution in [0, 0.1) is 18.8 Å². The average Bonchev–Trinajstić information content (AvgIpc) is 2.69. The Balaban J connectivity index is 1.63. The number of aromatic nitrogens is 2. The van der Waals surface area contributed by atoms with Crippen molar-refractivity contribution < 1.29 is 4.57 Å². The Morgan fingerprint density at radius 1 is 1.04 bits per heavy atom. The molecule has 0 saturated heterocycles. The number of rotatable bonds is 2. The third-order valence-electron chi connectivity index (χ3n) is 6.93. The zero-order chi connectivity index (χ0) is 17.7. The van der Waals surface area contributed by atoms with Gasteiger partial charge in [-0.15, -0.1) is 0 Å². The van der Waals surface area contributed by atoms with Crippen LogP contribution in [0.1, 0.15) is 49.1 Å². The van der Waals surface area contributed by atoms with Crippen LogP contribution >= 0.6 is 0 Å². The van der Waals surface area contributed by atoms with Gasteiger partial charge in [-0.05, 0) is 72.6 Å². The Morgan fingerprint density at radius 3 is 2.62 bits per heavy atom. The highest BCUT2D eigenvalue weighted by Gasteiger charge is 2.36. The van der Waals surface area contributed by atoms with Gasteiger partial charge in [0.15, 0.2) is 6.20 Å². The van der Waals surface area contributed by atoms with Gasteiger partial charge < -0.3 is 0 Å². The van der Waals surface area contributed by atoms with Crippen molar-refractivity contribution in [3.63, 3.8) is 0 Å². The number of hydrogen-bond acceptors (Lipinski definition) is 1. The van der Waals surface area contributed by atoms with E-state index in [1.54, 1.807) is 5.56 Å². The Kier molecular flexibility index (Phi) is 3.81. The van der Waals surface area contributed by atoms with Crippen molar-refractivity contribution in [1.29, 1.82) is 0 Å². The normalized spacial score (nSPS) is 24.9. The molecule has 6 rings (SSSR count). The molecule has 0 spiro atoms. The molecule has 3 aliphatic rings. The lowest BCUT2D eigenvalue weighted by Crippen LogP contribution is -2.31. The highest BCUT2D eigenvalue weighted by molar-refractivity contribution is 5.93. The molecule has 1 atom stereocenters. The van der Waals surface area contributed by atoms with Gasteiger partial charge >= 0.3 is 0 Å². The number of hydrogen-bond donors (Lipinski definition) is 0. The molecule has 2 heterocycles. The van der Waals surface area contributed by atoms with Crippen LogP contribution in [0.5, 0.6) is 0 Å². The molecule has 3 saturated carbocycles. The monoisotopic (exact) mass is 343 g/mol. The Morgan fingerprint density at radius 2 is 1.88 bits per heavy atom. The van der Waals surface area contributed by atoms with Gasteiger partial charge in [-0.3, -0.25) is 4.98 Å². The highest BCUT2D eigenvalue weighted by Crippen LogP contribution is 2.50. The summed E-state index contributed by atoms with van der Waals surface area (Å²) in [5.41, 5.74) is 5.33. The molecule has 3 aliphatic carbocycles. The van der Waals surface area contributed by atoms with Gasteiger partial charge in [-0.1, -0.05) is 25.0 Å². The van der Waals surface area contributed by atoms with Crippen LogP contribution in [0.2, 0.25) is 0 Å². The Labute approximate surface area is 155 Å². The fourth-order valence-electron chi connectivity index (χ4n) is 5.46. The second-order valence-electron chi connectivity index (χ2n) is 8.44. The fourth-order valence-corrected chi connectivity index (χ4v) is 5.46. The maximum absolute atomic E-state index is 4.37. The maximum Gasteiger partial charge on any atom is 0.221 e. The lowest BCUT2D eigenvalue weighted by molar-refractivity contribution is -0.659. The second kappa shape index (κ2) is 6.19. The van der Waals surface area contributed by atoms with E-state index in [0.717, 1.165) is 17.8 Å². The van der Waals surface area contributed by atoms with Gasteiger partial charge in [0, 0.05) is 18.5 Å². The van der Waals surface area contributed by atoms with E-state index >= 15 is 0 Å². The first-order chi connectivity index (χ1) is 12.7. The lowest BCUT2D eigenvalue weighted by atomic mass is 9.63. The third kappa shape index (κ3) is 2.55. The summed E-state index contributed by atoms with van der Waals surface area (Å²) in [5.74, 6) is 2.67. The van der Waals surface area contributed by atoms with Crippen molar-refractivity contribution in [1.82, 2.24) is 4.98 Å². The first-order valence-electron chi connectivity index (χ1n) is 10.0. The molecule has 2 bridgehead atoms. The van der Waals surface area contributed by atoms with Crippen LogP contribution in [0.3, 0.4) is 0 Å². The molecule has 1 aromatic carbocycles. The number of benzene rings is 1. The number of fused-ring (bicyclic) bond motifs is 4. The molecule has 3 fully saturated rings. The summed E-state index contributed by atoms with van der Waals surface area (Å²) in [6.45, 7) is 2.17. The molecule has 132 valence electrons. The summed E-state index contributed by atoms with van der Waals surface area (Å²) in [6.07, 6.45) is 13.3. The van der Waals surface area contributed by atoms with Crippen LogP contribution < -0.4 is 4.57 Å². The molecular weight excluding hydrogens is 316 g/mol. The molecule has 26 heavy (non-hydrogen) atoms. The van der Waals surface area contributed by atoms with Crippen LogP contribution in [-0.4, -0.2) is 4.98 Å². The van der Waals surface area contributed by atoms with Gasteiger partial charge in [0.2, 0.25) is 5.69 Å². The van der Waals surface area contributed by atoms with E-state index < -0.39 is 0 Å². The van der Waals surface area contributed by atoms with Crippen molar-refractivity contribution in [2.24, 2.45) is 18.9 Å². The highest BCUT2D eigenvalue weighted by atomic mass is 14.9. The van der Waals surface area contributed by atoms with E-state index in [9.17, 15) is 0 Å². The summed E-state index contributed by atoms with van der Waals surface area (Å²) in [7, 11) is 2.13. The van der Waals surface area contributed by atoms with Crippen molar-refractivity contribution in [3.05, 3.63) is 60.0 Å². The standard InChI is InChI=1S/C24H27N2/c1-16-9-11-25-15-23(16)24-21-8-7-19(14-20(21)10-12-26(24)2)22-13-17-3-5-18(22)6-4-17/h7-12,14-15,17-18,22H,3-6,13H2,1-2H3/q+1. The number of aryl methyl sites for hydroxylation is 2. The molecule has 3 aromatic rings. The number of pyridine rings is 2. The molecule has 2 heteroatoms. The molecular formula is C24H27N2+. The Bertz CT molecular complexity index is 967. The topological polar surface area (TPSA) is 16.8 Å². The van der Waals surface area contributed by atoms with Gasteiger partial charge in [-0.25, -0.2) is 4.57 Å². The SMILES string of the molecule is Cc1ccncc1-c1c2ccc(C3CC4CCC3CC4)cc2cc[n+]1C. The van der Waals surface area contributed by atoms with Crippen LogP contribution in [-0.2, 0) is 7.05 Å². The van der Waals surface area contributed by atoms with Gasteiger partial charge in [0.05, 0.1) is 10.9 Å². The molecule has 0 amide bonds. The van der Waals surface area contributed by atoms with Crippen molar-refractivity contribution in [2.45, 2.75) is 44.9 Å². The fraction of sp³-hybridized carbons (Fsp3) is 0.417.